The molecule has 0 unspecified atom stereocenters. The van der Waals surface area contributed by atoms with Crippen LogP contribution in [0.4, 0.5) is 17.1 Å². The lowest BCUT2D eigenvalue weighted by Gasteiger charge is -2.26. The highest BCUT2D eigenvalue weighted by Gasteiger charge is 2.15. The van der Waals surface area contributed by atoms with Crippen molar-refractivity contribution in [2.45, 2.75) is 0 Å². The van der Waals surface area contributed by atoms with Gasteiger partial charge in [0.15, 0.2) is 0 Å². The van der Waals surface area contributed by atoms with Gasteiger partial charge in [-0.15, -0.1) is 0 Å². The summed E-state index contributed by atoms with van der Waals surface area (Å²) >= 11 is 0. The van der Waals surface area contributed by atoms with Crippen LogP contribution in [0.25, 0.3) is 66.4 Å². The van der Waals surface area contributed by atoms with Crippen molar-refractivity contribution in [3.05, 3.63) is 224 Å². The molecule has 9 rings (SSSR count). The number of rotatable bonds is 8. The van der Waals surface area contributed by atoms with Crippen LogP contribution in [0, 0.1) is 0 Å². The van der Waals surface area contributed by atoms with Crippen molar-refractivity contribution >= 4 is 27.8 Å². The highest BCUT2D eigenvalue weighted by atomic mass is 15.1. The second-order valence-corrected chi connectivity index (χ2v) is 13.3. The van der Waals surface area contributed by atoms with Crippen molar-refractivity contribution < 1.29 is 0 Å². The van der Waals surface area contributed by atoms with Crippen LogP contribution in [0.15, 0.2) is 224 Å². The third-order valence-electron chi connectivity index (χ3n) is 10.1. The molecule has 9 aromatic carbocycles. The van der Waals surface area contributed by atoms with E-state index < -0.39 is 0 Å². The maximum absolute atomic E-state index is 2.33. The summed E-state index contributed by atoms with van der Waals surface area (Å²) in [5.41, 5.74) is 15.5. The summed E-state index contributed by atoms with van der Waals surface area (Å²) in [5, 5.41) is 2.52. The summed E-state index contributed by atoms with van der Waals surface area (Å²) in [4.78, 5) is 2.33. The molecule has 0 N–H and O–H groups in total. The van der Waals surface area contributed by atoms with E-state index in [1.807, 2.05) is 0 Å². The number of para-hydroxylation sites is 1. The number of hydrogen-bond donors (Lipinski definition) is 0. The van der Waals surface area contributed by atoms with E-state index in [1.54, 1.807) is 0 Å². The molecule has 0 aliphatic carbocycles. The number of benzene rings is 9. The van der Waals surface area contributed by atoms with Gasteiger partial charge in [0.2, 0.25) is 0 Å². The predicted octanol–water partition coefficient (Wildman–Crippen LogP) is 14.6. The molecule has 0 aliphatic rings. The van der Waals surface area contributed by atoms with Gasteiger partial charge in [0, 0.05) is 17.1 Å². The summed E-state index contributed by atoms with van der Waals surface area (Å²) in [6, 6.07) is 80.6. The molecule has 0 radical (unpaired) electrons. The Morgan fingerprint density at radius 2 is 0.547 bits per heavy atom. The fourth-order valence-electron chi connectivity index (χ4n) is 7.49. The monoisotopic (exact) mass is 675 g/mol. The van der Waals surface area contributed by atoms with Gasteiger partial charge in [0.25, 0.3) is 0 Å². The van der Waals surface area contributed by atoms with Crippen LogP contribution < -0.4 is 4.90 Å². The highest BCUT2D eigenvalue weighted by molar-refractivity contribution is 6.05. The minimum absolute atomic E-state index is 1.11. The largest absolute Gasteiger partial charge is 0.311 e. The van der Waals surface area contributed by atoms with Gasteiger partial charge >= 0.3 is 0 Å². The van der Waals surface area contributed by atoms with Crippen molar-refractivity contribution in [3.8, 4) is 55.6 Å². The van der Waals surface area contributed by atoms with Crippen LogP contribution in [-0.2, 0) is 0 Å². The van der Waals surface area contributed by atoms with E-state index in [1.165, 1.54) is 66.4 Å². The predicted molar refractivity (Wildman–Crippen MR) is 226 cm³/mol. The average molecular weight is 676 g/mol. The lowest BCUT2D eigenvalue weighted by molar-refractivity contribution is 1.28. The number of fused-ring (bicyclic) bond motifs is 1. The fraction of sp³-hybridized carbons (Fsp3) is 0. The third kappa shape index (κ3) is 6.42. The Balaban J connectivity index is 1.07. The highest BCUT2D eigenvalue weighted by Crippen LogP contribution is 2.40. The maximum atomic E-state index is 2.33. The second kappa shape index (κ2) is 14.3. The molecule has 0 bridgehead atoms. The van der Waals surface area contributed by atoms with Crippen molar-refractivity contribution in [3.63, 3.8) is 0 Å². The number of hydrogen-bond acceptors (Lipinski definition) is 1. The normalized spacial score (nSPS) is 11.0. The van der Waals surface area contributed by atoms with Gasteiger partial charge in [-0.05, 0) is 109 Å². The summed E-state index contributed by atoms with van der Waals surface area (Å²) < 4.78 is 0. The van der Waals surface area contributed by atoms with Crippen LogP contribution in [0.1, 0.15) is 0 Å². The van der Waals surface area contributed by atoms with Crippen molar-refractivity contribution in [2.24, 2.45) is 0 Å². The molecule has 0 aromatic heterocycles. The first-order chi connectivity index (χ1) is 26.3. The molecule has 0 fully saturated rings. The Kier molecular flexibility index (Phi) is 8.66. The molecule has 1 nitrogen and oxygen atoms in total. The summed E-state index contributed by atoms with van der Waals surface area (Å²) in [5.74, 6) is 0. The molecule has 0 amide bonds. The van der Waals surface area contributed by atoms with Crippen molar-refractivity contribution in [2.75, 3.05) is 4.90 Å². The Hall–Kier alpha value is -6.96. The van der Waals surface area contributed by atoms with E-state index in [0.29, 0.717) is 0 Å². The molecule has 0 saturated heterocycles. The van der Waals surface area contributed by atoms with Gasteiger partial charge in [-0.1, -0.05) is 182 Å². The van der Waals surface area contributed by atoms with Crippen LogP contribution in [-0.4, -0.2) is 0 Å². The van der Waals surface area contributed by atoms with E-state index in [9.17, 15) is 0 Å². The molecule has 0 heterocycles. The fourth-order valence-corrected chi connectivity index (χ4v) is 7.49. The average Bonchev–Trinajstić information content (AvgIpc) is 3.25. The quantitative estimate of drug-likeness (QED) is 0.155. The van der Waals surface area contributed by atoms with E-state index in [0.717, 1.165) is 17.1 Å². The van der Waals surface area contributed by atoms with Crippen LogP contribution in [0.2, 0.25) is 0 Å². The van der Waals surface area contributed by atoms with Gasteiger partial charge in [0.1, 0.15) is 0 Å². The molecule has 53 heavy (non-hydrogen) atoms. The third-order valence-corrected chi connectivity index (χ3v) is 10.1. The Labute approximate surface area is 311 Å². The SMILES string of the molecule is c1ccc(-c2ccc(-c3ccc(N(c4ccccc4)c4ccc(-c5ccc(-c6ccccc6)c6ccccc56)cc4)cc3)cc2-c2ccccc2)cc1. The first-order valence-corrected chi connectivity index (χ1v) is 18.2. The zero-order chi connectivity index (χ0) is 35.4. The zero-order valence-electron chi connectivity index (χ0n) is 29.3. The van der Waals surface area contributed by atoms with Gasteiger partial charge in [-0.2, -0.15) is 0 Å². The molecular formula is C52H37N. The molecule has 9 aromatic rings. The number of anilines is 3. The standard InChI is InChI=1S/C52H37N/c1-5-15-39(16-6-1)47-35-36-48(51-24-14-13-23-50(47)51)42-27-32-46(33-28-42)53(44-21-11-4-12-22-44)45-30-25-38(26-31-45)43-29-34-49(40-17-7-2-8-18-40)52(37-43)41-19-9-3-10-20-41/h1-37H. The minimum atomic E-state index is 1.11. The van der Waals surface area contributed by atoms with Crippen LogP contribution in [0.3, 0.4) is 0 Å². The van der Waals surface area contributed by atoms with E-state index >= 15 is 0 Å². The molecule has 1 heteroatoms. The first kappa shape index (κ1) is 32.0. The molecule has 250 valence electrons. The topological polar surface area (TPSA) is 3.24 Å². The van der Waals surface area contributed by atoms with Crippen LogP contribution in [0.5, 0.6) is 0 Å². The van der Waals surface area contributed by atoms with E-state index in [2.05, 4.69) is 229 Å². The molecule has 0 spiro atoms. The van der Waals surface area contributed by atoms with Crippen molar-refractivity contribution in [1.82, 2.24) is 0 Å². The Morgan fingerprint density at radius 3 is 1.06 bits per heavy atom. The first-order valence-electron chi connectivity index (χ1n) is 18.2. The van der Waals surface area contributed by atoms with Crippen LogP contribution >= 0.6 is 0 Å². The summed E-state index contributed by atoms with van der Waals surface area (Å²) in [6.45, 7) is 0. The Morgan fingerprint density at radius 1 is 0.208 bits per heavy atom. The molecule has 0 atom stereocenters. The Bertz CT molecular complexity index is 2610. The lowest BCUT2D eigenvalue weighted by Crippen LogP contribution is -2.09. The van der Waals surface area contributed by atoms with E-state index in [4.69, 9.17) is 0 Å². The van der Waals surface area contributed by atoms with Crippen molar-refractivity contribution in [1.29, 1.82) is 0 Å². The smallest absolute Gasteiger partial charge is 0.0462 e. The molecule has 0 aliphatic heterocycles. The van der Waals surface area contributed by atoms with Gasteiger partial charge in [-0.25, -0.2) is 0 Å². The zero-order valence-corrected chi connectivity index (χ0v) is 29.3. The van der Waals surface area contributed by atoms with Gasteiger partial charge in [-0.3, -0.25) is 0 Å². The minimum Gasteiger partial charge on any atom is -0.311 e. The summed E-state index contributed by atoms with van der Waals surface area (Å²) in [7, 11) is 0. The molecule has 0 saturated carbocycles. The lowest BCUT2D eigenvalue weighted by atomic mass is 9.91. The molecular weight excluding hydrogens is 639 g/mol. The van der Waals surface area contributed by atoms with Gasteiger partial charge in [0.05, 0.1) is 0 Å². The summed E-state index contributed by atoms with van der Waals surface area (Å²) in [6.07, 6.45) is 0. The maximum Gasteiger partial charge on any atom is 0.0462 e. The number of nitrogens with zero attached hydrogens (tertiary/aromatic N) is 1. The van der Waals surface area contributed by atoms with Gasteiger partial charge < -0.3 is 4.90 Å². The van der Waals surface area contributed by atoms with E-state index in [-0.39, 0.29) is 0 Å². The second-order valence-electron chi connectivity index (χ2n) is 13.3.